The average Bonchev–Trinajstić information content (AvgIpc) is 2.28. The van der Waals surface area contributed by atoms with Gasteiger partial charge in [0.25, 0.3) is 0 Å². The topological polar surface area (TPSA) is 58.4 Å². The molecule has 1 atom stereocenters. The molecule has 19 heavy (non-hydrogen) atoms. The van der Waals surface area contributed by atoms with Gasteiger partial charge in [0.2, 0.25) is 5.91 Å². The number of hydrogen-bond donors (Lipinski definition) is 2. The molecular formula is C14H22BrN3O. The lowest BCUT2D eigenvalue weighted by molar-refractivity contribution is -0.116. The highest BCUT2D eigenvalue weighted by molar-refractivity contribution is 9.10. The molecule has 1 unspecified atom stereocenters. The highest BCUT2D eigenvalue weighted by Crippen LogP contribution is 2.28. The number of anilines is 2. The second-order valence-corrected chi connectivity index (χ2v) is 5.77. The number of benzene rings is 1. The minimum Gasteiger partial charge on any atom is -0.376 e. The molecule has 5 heteroatoms. The third-order valence-corrected chi connectivity index (χ3v) is 3.31. The summed E-state index contributed by atoms with van der Waals surface area (Å²) in [5.41, 5.74) is 7.66. The summed E-state index contributed by atoms with van der Waals surface area (Å²) in [7, 11) is 3.89. The fourth-order valence-corrected chi connectivity index (χ4v) is 2.27. The van der Waals surface area contributed by atoms with E-state index in [0.717, 1.165) is 28.7 Å². The molecule has 0 heterocycles. The van der Waals surface area contributed by atoms with Crippen LogP contribution in [0.4, 0.5) is 11.4 Å². The van der Waals surface area contributed by atoms with Crippen LogP contribution in [0.1, 0.15) is 26.2 Å². The zero-order chi connectivity index (χ0) is 14.4. The van der Waals surface area contributed by atoms with Gasteiger partial charge in [-0.3, -0.25) is 4.79 Å². The molecule has 1 aromatic rings. The van der Waals surface area contributed by atoms with Crippen molar-refractivity contribution >= 4 is 33.2 Å². The molecule has 0 fully saturated rings. The van der Waals surface area contributed by atoms with Crippen molar-refractivity contribution in [3.05, 3.63) is 22.7 Å². The maximum absolute atomic E-state index is 12.0. The van der Waals surface area contributed by atoms with Crippen molar-refractivity contribution in [2.75, 3.05) is 24.3 Å². The van der Waals surface area contributed by atoms with Gasteiger partial charge in [0.1, 0.15) is 0 Å². The smallest absolute Gasteiger partial charge is 0.225 e. The second kappa shape index (κ2) is 7.50. The Morgan fingerprint density at radius 1 is 1.47 bits per heavy atom. The van der Waals surface area contributed by atoms with E-state index in [2.05, 4.69) is 28.2 Å². The number of rotatable bonds is 6. The monoisotopic (exact) mass is 327 g/mol. The summed E-state index contributed by atoms with van der Waals surface area (Å²) in [6.07, 6.45) is 2.22. The molecule has 0 saturated heterocycles. The van der Waals surface area contributed by atoms with Crippen molar-refractivity contribution in [1.29, 1.82) is 0 Å². The van der Waals surface area contributed by atoms with Gasteiger partial charge in [0.05, 0.1) is 11.4 Å². The maximum atomic E-state index is 12.0. The summed E-state index contributed by atoms with van der Waals surface area (Å²) in [5, 5.41) is 2.93. The third kappa shape index (κ3) is 5.20. The highest BCUT2D eigenvalue weighted by atomic mass is 79.9. The van der Waals surface area contributed by atoms with Crippen LogP contribution in [0.25, 0.3) is 0 Å². The van der Waals surface area contributed by atoms with Crippen molar-refractivity contribution in [2.45, 2.75) is 32.2 Å². The Kier molecular flexibility index (Phi) is 6.31. The lowest BCUT2D eigenvalue weighted by atomic mass is 10.1. The van der Waals surface area contributed by atoms with Gasteiger partial charge in [-0.2, -0.15) is 0 Å². The van der Waals surface area contributed by atoms with Gasteiger partial charge in [-0.15, -0.1) is 0 Å². The molecule has 106 valence electrons. The van der Waals surface area contributed by atoms with Gasteiger partial charge in [-0.05, 0) is 24.6 Å². The van der Waals surface area contributed by atoms with Crippen LogP contribution >= 0.6 is 15.9 Å². The van der Waals surface area contributed by atoms with Crippen molar-refractivity contribution in [3.8, 4) is 0 Å². The lowest BCUT2D eigenvalue weighted by Crippen LogP contribution is -2.27. The van der Waals surface area contributed by atoms with Crippen LogP contribution in [0.3, 0.4) is 0 Å². The van der Waals surface area contributed by atoms with Crippen LogP contribution in [0.5, 0.6) is 0 Å². The Bertz CT molecular complexity index is 435. The molecule has 0 spiro atoms. The Morgan fingerprint density at radius 2 is 2.16 bits per heavy atom. The molecule has 0 saturated carbocycles. The van der Waals surface area contributed by atoms with Gasteiger partial charge in [0, 0.05) is 31.0 Å². The number of hydrogen-bond acceptors (Lipinski definition) is 3. The van der Waals surface area contributed by atoms with Crippen molar-refractivity contribution in [2.24, 2.45) is 5.73 Å². The quantitative estimate of drug-likeness (QED) is 0.844. The van der Waals surface area contributed by atoms with Gasteiger partial charge in [0.15, 0.2) is 0 Å². The van der Waals surface area contributed by atoms with Crippen LogP contribution in [-0.4, -0.2) is 26.0 Å². The minimum atomic E-state index is -0.0695. The first-order chi connectivity index (χ1) is 8.93. The maximum Gasteiger partial charge on any atom is 0.225 e. The molecule has 1 aromatic carbocycles. The predicted octanol–water partition coefficient (Wildman–Crippen LogP) is 2.97. The van der Waals surface area contributed by atoms with E-state index in [-0.39, 0.29) is 11.9 Å². The largest absolute Gasteiger partial charge is 0.376 e. The molecule has 0 aliphatic carbocycles. The lowest BCUT2D eigenvalue weighted by Gasteiger charge is -2.19. The standard InChI is InChI=1S/C14H22BrN3O/c1-4-5-11(16)9-14(19)17-12-8-10(15)6-7-13(12)18(2)3/h6-8,11H,4-5,9,16H2,1-3H3,(H,17,19). The third-order valence-electron chi connectivity index (χ3n) is 2.82. The number of halogens is 1. The molecule has 0 bridgehead atoms. The van der Waals surface area contributed by atoms with Gasteiger partial charge >= 0.3 is 0 Å². The number of nitrogens with zero attached hydrogens (tertiary/aromatic N) is 1. The SMILES string of the molecule is CCCC(N)CC(=O)Nc1cc(Br)ccc1N(C)C. The first-order valence-electron chi connectivity index (χ1n) is 6.46. The Labute approximate surface area is 123 Å². The summed E-state index contributed by atoms with van der Waals surface area (Å²) >= 11 is 3.42. The van der Waals surface area contributed by atoms with Crippen molar-refractivity contribution < 1.29 is 4.79 Å². The van der Waals surface area contributed by atoms with Crippen LogP contribution in [0.15, 0.2) is 22.7 Å². The second-order valence-electron chi connectivity index (χ2n) is 4.86. The molecule has 4 nitrogen and oxygen atoms in total. The number of amides is 1. The van der Waals surface area contributed by atoms with Crippen LogP contribution in [0.2, 0.25) is 0 Å². The van der Waals surface area contributed by atoms with Gasteiger partial charge in [-0.25, -0.2) is 0 Å². The molecule has 3 N–H and O–H groups in total. The normalized spacial score (nSPS) is 12.1. The van der Waals surface area contributed by atoms with Gasteiger partial charge in [-0.1, -0.05) is 29.3 Å². The number of nitrogens with two attached hydrogens (primary N) is 1. The summed E-state index contributed by atoms with van der Waals surface area (Å²) in [5.74, 6) is -0.0397. The summed E-state index contributed by atoms with van der Waals surface area (Å²) in [6, 6.07) is 5.75. The molecule has 1 amide bonds. The number of carbonyl (C=O) groups is 1. The highest BCUT2D eigenvalue weighted by Gasteiger charge is 2.12. The molecule has 0 aliphatic heterocycles. The number of carbonyl (C=O) groups excluding carboxylic acids is 1. The molecule has 0 aliphatic rings. The fourth-order valence-electron chi connectivity index (χ4n) is 1.91. The molecular weight excluding hydrogens is 306 g/mol. The van der Waals surface area contributed by atoms with E-state index in [1.807, 2.05) is 37.2 Å². The summed E-state index contributed by atoms with van der Waals surface area (Å²) < 4.78 is 0.936. The minimum absolute atomic E-state index is 0.0397. The van der Waals surface area contributed by atoms with E-state index in [9.17, 15) is 4.79 Å². The zero-order valence-electron chi connectivity index (χ0n) is 11.7. The van der Waals surface area contributed by atoms with E-state index in [4.69, 9.17) is 5.73 Å². The summed E-state index contributed by atoms with van der Waals surface area (Å²) in [6.45, 7) is 2.07. The molecule has 1 rings (SSSR count). The van der Waals surface area contributed by atoms with E-state index >= 15 is 0 Å². The predicted molar refractivity (Wildman–Crippen MR) is 84.6 cm³/mol. The van der Waals surface area contributed by atoms with Crippen molar-refractivity contribution in [1.82, 2.24) is 0 Å². The van der Waals surface area contributed by atoms with E-state index < -0.39 is 0 Å². The molecule has 0 radical (unpaired) electrons. The average molecular weight is 328 g/mol. The van der Waals surface area contributed by atoms with Crippen LogP contribution in [0, 0.1) is 0 Å². The van der Waals surface area contributed by atoms with E-state index in [1.54, 1.807) is 0 Å². The Morgan fingerprint density at radius 3 is 2.74 bits per heavy atom. The first-order valence-corrected chi connectivity index (χ1v) is 7.25. The van der Waals surface area contributed by atoms with Crippen LogP contribution in [-0.2, 0) is 4.79 Å². The molecule has 0 aromatic heterocycles. The summed E-state index contributed by atoms with van der Waals surface area (Å²) in [4.78, 5) is 13.9. The zero-order valence-corrected chi connectivity index (χ0v) is 13.3. The van der Waals surface area contributed by atoms with Gasteiger partial charge < -0.3 is 16.0 Å². The number of nitrogens with one attached hydrogen (secondary N) is 1. The Balaban J connectivity index is 2.75. The fraction of sp³-hybridized carbons (Fsp3) is 0.500. The van der Waals surface area contributed by atoms with E-state index in [1.165, 1.54) is 0 Å². The van der Waals surface area contributed by atoms with Crippen molar-refractivity contribution in [3.63, 3.8) is 0 Å². The van der Waals surface area contributed by atoms with E-state index in [0.29, 0.717) is 6.42 Å². The first kappa shape index (κ1) is 16.0. The Hall–Kier alpha value is -1.07. The van der Waals surface area contributed by atoms with Crippen LogP contribution < -0.4 is 16.0 Å².